The molecule has 1 aromatic heterocycles. The molecule has 0 aliphatic carbocycles. The van der Waals surface area contributed by atoms with Gasteiger partial charge in [-0.2, -0.15) is 0 Å². The Kier molecular flexibility index (Phi) is 4.57. The van der Waals surface area contributed by atoms with Crippen LogP contribution in [0.2, 0.25) is 0 Å². The van der Waals surface area contributed by atoms with Crippen LogP contribution in [0.5, 0.6) is 5.75 Å². The predicted octanol–water partition coefficient (Wildman–Crippen LogP) is 3.22. The summed E-state index contributed by atoms with van der Waals surface area (Å²) in [5.74, 6) is -0.0190. The lowest BCUT2D eigenvalue weighted by Gasteiger charge is -2.04. The fourth-order valence-corrected chi connectivity index (χ4v) is 2.74. The van der Waals surface area contributed by atoms with E-state index in [0.29, 0.717) is 6.42 Å². The Bertz CT molecular complexity index is 610. The van der Waals surface area contributed by atoms with Crippen LogP contribution in [-0.2, 0) is 11.2 Å². The van der Waals surface area contributed by atoms with Crippen molar-refractivity contribution in [1.82, 2.24) is 4.98 Å². The molecule has 6 heteroatoms. The summed E-state index contributed by atoms with van der Waals surface area (Å²) in [5.41, 5.74) is 1.77. The van der Waals surface area contributed by atoms with Gasteiger partial charge in [0.1, 0.15) is 5.75 Å². The van der Waals surface area contributed by atoms with E-state index in [4.69, 9.17) is 9.84 Å². The summed E-state index contributed by atoms with van der Waals surface area (Å²) in [6.45, 7) is 1.89. The highest BCUT2D eigenvalue weighted by atomic mass is 32.1. The number of carbonyl (C=O) groups is 1. The Labute approximate surface area is 121 Å². The minimum atomic E-state index is -0.792. The molecule has 2 N–H and O–H groups in total. The van der Waals surface area contributed by atoms with Gasteiger partial charge >= 0.3 is 5.97 Å². The Hall–Kier alpha value is -2.08. The van der Waals surface area contributed by atoms with Gasteiger partial charge in [-0.05, 0) is 25.5 Å². The minimum absolute atomic E-state index is 0.127. The molecule has 0 radical (unpaired) electrons. The van der Waals surface area contributed by atoms with E-state index in [9.17, 15) is 4.79 Å². The van der Waals surface area contributed by atoms with Gasteiger partial charge in [-0.25, -0.2) is 4.98 Å². The summed E-state index contributed by atoms with van der Waals surface area (Å²) >= 11 is 1.48. The number of benzene rings is 1. The van der Waals surface area contributed by atoms with Crippen molar-refractivity contribution in [3.05, 3.63) is 34.8 Å². The number of ether oxygens (including phenoxy) is 1. The first-order valence-electron chi connectivity index (χ1n) is 6.17. The summed E-state index contributed by atoms with van der Waals surface area (Å²) < 4.78 is 5.16. The van der Waals surface area contributed by atoms with E-state index >= 15 is 0 Å². The quantitative estimate of drug-likeness (QED) is 0.855. The predicted molar refractivity (Wildman–Crippen MR) is 79.1 cm³/mol. The molecule has 2 aromatic rings. The van der Waals surface area contributed by atoms with Gasteiger partial charge < -0.3 is 15.2 Å². The minimum Gasteiger partial charge on any atom is -0.497 e. The summed E-state index contributed by atoms with van der Waals surface area (Å²) in [6, 6.07) is 7.58. The van der Waals surface area contributed by atoms with Crippen molar-refractivity contribution in [3.8, 4) is 5.75 Å². The highest BCUT2D eigenvalue weighted by Crippen LogP contribution is 2.28. The highest BCUT2D eigenvalue weighted by molar-refractivity contribution is 7.15. The third-order valence-corrected chi connectivity index (χ3v) is 3.91. The van der Waals surface area contributed by atoms with Crippen LogP contribution >= 0.6 is 11.3 Å². The van der Waals surface area contributed by atoms with Crippen molar-refractivity contribution in [2.75, 3.05) is 12.4 Å². The van der Waals surface area contributed by atoms with Gasteiger partial charge in [-0.3, -0.25) is 4.79 Å². The Morgan fingerprint density at radius 1 is 1.50 bits per heavy atom. The fourth-order valence-electron chi connectivity index (χ4n) is 1.76. The van der Waals surface area contributed by atoms with Crippen LogP contribution in [0.4, 0.5) is 10.8 Å². The highest BCUT2D eigenvalue weighted by Gasteiger charge is 2.09. The third-order valence-electron chi connectivity index (χ3n) is 2.78. The Balaban J connectivity index is 2.09. The monoisotopic (exact) mass is 292 g/mol. The molecular formula is C14H16N2O3S. The van der Waals surface area contributed by atoms with E-state index in [2.05, 4.69) is 10.3 Å². The number of rotatable bonds is 6. The first-order valence-corrected chi connectivity index (χ1v) is 6.99. The number of carboxylic acid groups (broad SMARTS) is 1. The van der Waals surface area contributed by atoms with Crippen LogP contribution in [0.1, 0.15) is 17.0 Å². The number of hydrogen-bond acceptors (Lipinski definition) is 5. The molecule has 106 valence electrons. The lowest BCUT2D eigenvalue weighted by atomic mass is 10.2. The summed E-state index contributed by atoms with van der Waals surface area (Å²) in [7, 11) is 1.62. The lowest BCUT2D eigenvalue weighted by molar-refractivity contribution is -0.136. The van der Waals surface area contributed by atoms with Crippen LogP contribution in [-0.4, -0.2) is 23.2 Å². The molecule has 5 nitrogen and oxygen atoms in total. The lowest BCUT2D eigenvalue weighted by Crippen LogP contribution is -1.96. The number of aryl methyl sites for hydroxylation is 2. The molecule has 1 aromatic carbocycles. The van der Waals surface area contributed by atoms with Gasteiger partial charge in [0.2, 0.25) is 0 Å². The third kappa shape index (κ3) is 3.71. The van der Waals surface area contributed by atoms with Crippen molar-refractivity contribution < 1.29 is 14.6 Å². The second kappa shape index (κ2) is 6.38. The number of anilines is 2. The van der Waals surface area contributed by atoms with Crippen molar-refractivity contribution in [2.24, 2.45) is 0 Å². The molecule has 0 aliphatic rings. The van der Waals surface area contributed by atoms with E-state index in [1.807, 2.05) is 31.2 Å². The molecule has 20 heavy (non-hydrogen) atoms. The molecule has 0 fully saturated rings. The van der Waals surface area contributed by atoms with Gasteiger partial charge in [0, 0.05) is 16.6 Å². The summed E-state index contributed by atoms with van der Waals surface area (Å²) in [6.07, 6.45) is 0.639. The van der Waals surface area contributed by atoms with Gasteiger partial charge in [-0.1, -0.05) is 6.07 Å². The van der Waals surface area contributed by atoms with Crippen LogP contribution in [0.3, 0.4) is 0 Å². The van der Waals surface area contributed by atoms with Crippen molar-refractivity contribution in [1.29, 1.82) is 0 Å². The zero-order chi connectivity index (χ0) is 14.5. The molecule has 0 aliphatic heterocycles. The smallest absolute Gasteiger partial charge is 0.303 e. The Morgan fingerprint density at radius 3 is 3.00 bits per heavy atom. The zero-order valence-corrected chi connectivity index (χ0v) is 12.2. The molecule has 0 unspecified atom stereocenters. The van der Waals surface area contributed by atoms with Crippen LogP contribution < -0.4 is 10.1 Å². The number of carboxylic acids is 1. The van der Waals surface area contributed by atoms with E-state index in [1.54, 1.807) is 7.11 Å². The van der Waals surface area contributed by atoms with Crippen LogP contribution in [0, 0.1) is 6.92 Å². The van der Waals surface area contributed by atoms with E-state index in [-0.39, 0.29) is 6.42 Å². The average molecular weight is 292 g/mol. The first kappa shape index (κ1) is 14.3. The largest absolute Gasteiger partial charge is 0.497 e. The van der Waals surface area contributed by atoms with E-state index < -0.39 is 5.97 Å². The van der Waals surface area contributed by atoms with Crippen molar-refractivity contribution in [3.63, 3.8) is 0 Å². The molecule has 0 bridgehead atoms. The number of thiazole rings is 1. The maximum absolute atomic E-state index is 10.6. The molecule has 0 saturated carbocycles. The zero-order valence-electron chi connectivity index (χ0n) is 11.3. The Morgan fingerprint density at radius 2 is 2.30 bits per heavy atom. The molecule has 0 spiro atoms. The van der Waals surface area contributed by atoms with Crippen molar-refractivity contribution in [2.45, 2.75) is 19.8 Å². The van der Waals surface area contributed by atoms with Crippen molar-refractivity contribution >= 4 is 28.1 Å². The average Bonchev–Trinajstić information content (AvgIpc) is 2.76. The van der Waals surface area contributed by atoms with Gasteiger partial charge in [0.05, 0.1) is 19.2 Å². The van der Waals surface area contributed by atoms with Crippen LogP contribution in [0.25, 0.3) is 0 Å². The fraction of sp³-hybridized carbons (Fsp3) is 0.286. The van der Waals surface area contributed by atoms with E-state index in [1.165, 1.54) is 11.3 Å². The first-order chi connectivity index (χ1) is 9.58. The number of nitrogens with zero attached hydrogens (tertiary/aromatic N) is 1. The molecule has 1 heterocycles. The summed E-state index contributed by atoms with van der Waals surface area (Å²) in [4.78, 5) is 16.0. The summed E-state index contributed by atoms with van der Waals surface area (Å²) in [5, 5.41) is 12.7. The maximum Gasteiger partial charge on any atom is 0.303 e. The number of methoxy groups -OCH3 is 1. The van der Waals surface area contributed by atoms with E-state index in [0.717, 1.165) is 27.1 Å². The standard InChI is InChI=1S/C14H16N2O3S/c1-9-12(6-7-13(17)18)20-14(15-9)16-10-4-3-5-11(8-10)19-2/h3-5,8H,6-7H2,1-2H3,(H,15,16)(H,17,18). The van der Waals surface area contributed by atoms with Gasteiger partial charge in [0.15, 0.2) is 5.13 Å². The number of aromatic nitrogens is 1. The van der Waals surface area contributed by atoms with Gasteiger partial charge in [0.25, 0.3) is 0 Å². The number of nitrogens with one attached hydrogen (secondary N) is 1. The molecular weight excluding hydrogens is 276 g/mol. The topological polar surface area (TPSA) is 71.5 Å². The molecule has 0 amide bonds. The second-order valence-electron chi connectivity index (χ2n) is 4.28. The normalized spacial score (nSPS) is 10.3. The SMILES string of the molecule is COc1cccc(Nc2nc(C)c(CCC(=O)O)s2)c1. The van der Waals surface area contributed by atoms with Gasteiger partial charge in [-0.15, -0.1) is 11.3 Å². The molecule has 0 saturated heterocycles. The molecule has 0 atom stereocenters. The van der Waals surface area contributed by atoms with Crippen LogP contribution in [0.15, 0.2) is 24.3 Å². The second-order valence-corrected chi connectivity index (χ2v) is 5.36. The number of aliphatic carboxylic acids is 1. The molecule has 2 rings (SSSR count). The number of hydrogen-bond donors (Lipinski definition) is 2. The maximum atomic E-state index is 10.6.